The van der Waals surface area contributed by atoms with E-state index in [1.807, 2.05) is 38.1 Å². The Kier molecular flexibility index (Phi) is 5.55. The molecule has 17 heavy (non-hydrogen) atoms. The lowest BCUT2D eigenvalue weighted by atomic mass is 10.2. The molecule has 0 aromatic heterocycles. The van der Waals surface area contributed by atoms with E-state index in [9.17, 15) is 4.21 Å². The predicted octanol–water partition coefficient (Wildman–Crippen LogP) is 2.63. The minimum Gasteiger partial charge on any atom is -0.352 e. The average molecular weight is 254 g/mol. The van der Waals surface area contributed by atoms with Gasteiger partial charge in [0.1, 0.15) is 0 Å². The monoisotopic (exact) mass is 254 g/mol. The molecule has 1 rings (SSSR count). The summed E-state index contributed by atoms with van der Waals surface area (Å²) in [6.45, 7) is 3.84. The van der Waals surface area contributed by atoms with Gasteiger partial charge in [0.15, 0.2) is 6.29 Å². The van der Waals surface area contributed by atoms with Crippen LogP contribution in [0.1, 0.15) is 12.5 Å². The van der Waals surface area contributed by atoms with E-state index in [-0.39, 0.29) is 0 Å². The summed E-state index contributed by atoms with van der Waals surface area (Å²) in [6.07, 6.45) is -0.440. The molecule has 0 aliphatic heterocycles. The minimum absolute atomic E-state index is 0.440. The lowest BCUT2D eigenvalue weighted by Crippen LogP contribution is -2.14. The maximum absolute atomic E-state index is 12.0. The maximum atomic E-state index is 12.0. The van der Waals surface area contributed by atoms with E-state index in [0.717, 1.165) is 16.0 Å². The topological polar surface area (TPSA) is 35.5 Å². The molecule has 0 N–H and O–H groups in total. The van der Waals surface area contributed by atoms with Crippen molar-refractivity contribution in [2.24, 2.45) is 0 Å². The lowest BCUT2D eigenvalue weighted by molar-refractivity contribution is -0.0745. The van der Waals surface area contributed by atoms with Gasteiger partial charge in [-0.2, -0.15) is 0 Å². The molecule has 0 saturated heterocycles. The highest BCUT2D eigenvalue weighted by atomic mass is 32.2. The van der Waals surface area contributed by atoms with Crippen LogP contribution in [0, 0.1) is 6.92 Å². The lowest BCUT2D eigenvalue weighted by Gasteiger charge is -2.13. The third-order valence-corrected chi connectivity index (χ3v) is 3.67. The molecule has 0 aliphatic carbocycles. The van der Waals surface area contributed by atoms with E-state index < -0.39 is 17.1 Å². The van der Waals surface area contributed by atoms with Crippen LogP contribution in [0.25, 0.3) is 0 Å². The van der Waals surface area contributed by atoms with Crippen molar-refractivity contribution in [2.75, 3.05) is 14.2 Å². The number of aryl methyl sites for hydroxylation is 1. The van der Waals surface area contributed by atoms with Crippen LogP contribution >= 0.6 is 0 Å². The van der Waals surface area contributed by atoms with E-state index in [2.05, 4.69) is 0 Å². The van der Waals surface area contributed by atoms with Crippen LogP contribution in [-0.4, -0.2) is 24.7 Å². The number of benzene rings is 1. The summed E-state index contributed by atoms with van der Waals surface area (Å²) < 4.78 is 22.2. The molecule has 1 aromatic rings. The predicted molar refractivity (Wildman–Crippen MR) is 69.2 cm³/mol. The van der Waals surface area contributed by atoms with Gasteiger partial charge in [-0.1, -0.05) is 17.7 Å². The molecule has 0 bridgehead atoms. The van der Waals surface area contributed by atoms with Crippen molar-refractivity contribution in [1.82, 2.24) is 0 Å². The van der Waals surface area contributed by atoms with Crippen molar-refractivity contribution in [3.8, 4) is 0 Å². The number of rotatable bonds is 5. The first-order chi connectivity index (χ1) is 8.08. The number of ether oxygens (including phenoxy) is 2. The largest absolute Gasteiger partial charge is 0.352 e. The van der Waals surface area contributed by atoms with Crippen molar-refractivity contribution in [2.45, 2.75) is 25.0 Å². The third-order valence-electron chi connectivity index (χ3n) is 2.35. The van der Waals surface area contributed by atoms with Crippen LogP contribution in [0.4, 0.5) is 0 Å². The summed E-state index contributed by atoms with van der Waals surface area (Å²) in [5.41, 5.74) is 1.95. The quantitative estimate of drug-likeness (QED) is 0.758. The first-order valence-electron chi connectivity index (χ1n) is 5.29. The molecule has 0 saturated carbocycles. The second kappa shape index (κ2) is 6.69. The molecule has 1 aromatic carbocycles. The van der Waals surface area contributed by atoms with E-state index in [4.69, 9.17) is 9.47 Å². The average Bonchev–Trinajstić information content (AvgIpc) is 2.31. The summed E-state index contributed by atoms with van der Waals surface area (Å²) in [5, 5.41) is 1.66. The fourth-order valence-electron chi connectivity index (χ4n) is 1.43. The Morgan fingerprint density at radius 3 is 2.24 bits per heavy atom. The van der Waals surface area contributed by atoms with Crippen LogP contribution in [-0.2, 0) is 20.3 Å². The van der Waals surface area contributed by atoms with Crippen LogP contribution in [0.15, 0.2) is 40.1 Å². The highest BCUT2D eigenvalue weighted by molar-refractivity contribution is 7.88. The molecule has 0 amide bonds. The van der Waals surface area contributed by atoms with Gasteiger partial charge in [-0.15, -0.1) is 0 Å². The number of methoxy groups -OCH3 is 2. The maximum Gasteiger partial charge on any atom is 0.179 e. The van der Waals surface area contributed by atoms with Crippen LogP contribution < -0.4 is 0 Å². The van der Waals surface area contributed by atoms with Gasteiger partial charge < -0.3 is 9.47 Å². The van der Waals surface area contributed by atoms with Crippen molar-refractivity contribution in [1.29, 1.82) is 0 Å². The number of hydrogen-bond donors (Lipinski definition) is 0. The van der Waals surface area contributed by atoms with Gasteiger partial charge in [0.25, 0.3) is 0 Å². The Hall–Kier alpha value is -0.970. The van der Waals surface area contributed by atoms with E-state index in [1.165, 1.54) is 0 Å². The minimum atomic E-state index is -1.17. The summed E-state index contributed by atoms with van der Waals surface area (Å²) in [6, 6.07) is 7.62. The standard InChI is InChI=1S/C13H18O3S/c1-10-5-7-12(8-6-10)17(14)9-11(2)13(15-3)16-4/h5-9,13H,1-4H3/b11-9-/t17-/m1/s1. The molecule has 4 heteroatoms. The third kappa shape index (κ3) is 4.07. The summed E-state index contributed by atoms with van der Waals surface area (Å²) >= 11 is 0. The summed E-state index contributed by atoms with van der Waals surface area (Å²) in [7, 11) is 1.94. The zero-order chi connectivity index (χ0) is 12.8. The van der Waals surface area contributed by atoms with Gasteiger partial charge in [0.2, 0.25) is 0 Å². The molecule has 0 fully saturated rings. The smallest absolute Gasteiger partial charge is 0.179 e. The first kappa shape index (κ1) is 14.1. The Bertz CT molecular complexity index is 405. The van der Waals surface area contributed by atoms with Crippen LogP contribution in [0.3, 0.4) is 0 Å². The van der Waals surface area contributed by atoms with Crippen molar-refractivity contribution in [3.05, 3.63) is 40.8 Å². The van der Waals surface area contributed by atoms with Gasteiger partial charge in [-0.3, -0.25) is 0 Å². The highest BCUT2D eigenvalue weighted by Crippen LogP contribution is 2.13. The molecule has 94 valence electrons. The zero-order valence-corrected chi connectivity index (χ0v) is 11.4. The Balaban J connectivity index is 2.84. The van der Waals surface area contributed by atoms with Crippen molar-refractivity contribution >= 4 is 10.8 Å². The zero-order valence-electron chi connectivity index (χ0n) is 10.6. The molecule has 0 radical (unpaired) electrons. The van der Waals surface area contributed by atoms with E-state index in [1.54, 1.807) is 19.6 Å². The van der Waals surface area contributed by atoms with Gasteiger partial charge >= 0.3 is 0 Å². The highest BCUT2D eigenvalue weighted by Gasteiger charge is 2.09. The molecular formula is C13H18O3S. The van der Waals surface area contributed by atoms with Crippen LogP contribution in [0.2, 0.25) is 0 Å². The second-order valence-corrected chi connectivity index (χ2v) is 5.08. The number of hydrogen-bond acceptors (Lipinski definition) is 3. The molecule has 0 spiro atoms. The van der Waals surface area contributed by atoms with Gasteiger partial charge in [0, 0.05) is 24.5 Å². The first-order valence-corrected chi connectivity index (χ1v) is 6.51. The second-order valence-electron chi connectivity index (χ2n) is 3.78. The fraction of sp³-hybridized carbons (Fsp3) is 0.385. The molecule has 0 aliphatic rings. The Labute approximate surface area is 105 Å². The molecule has 1 atom stereocenters. The summed E-state index contributed by atoms with van der Waals surface area (Å²) in [5.74, 6) is 0. The fourth-order valence-corrected chi connectivity index (χ4v) is 2.42. The van der Waals surface area contributed by atoms with Gasteiger partial charge in [-0.05, 0) is 31.6 Å². The molecular weight excluding hydrogens is 236 g/mol. The Morgan fingerprint density at radius 1 is 1.24 bits per heavy atom. The van der Waals surface area contributed by atoms with Gasteiger partial charge in [0.05, 0.1) is 10.8 Å². The molecule has 3 nitrogen and oxygen atoms in total. The van der Waals surface area contributed by atoms with E-state index >= 15 is 0 Å². The van der Waals surface area contributed by atoms with Crippen molar-refractivity contribution in [3.63, 3.8) is 0 Å². The molecule has 0 heterocycles. The van der Waals surface area contributed by atoms with E-state index in [0.29, 0.717) is 0 Å². The summed E-state index contributed by atoms with van der Waals surface area (Å²) in [4.78, 5) is 0.779. The Morgan fingerprint density at radius 2 is 1.76 bits per heavy atom. The van der Waals surface area contributed by atoms with Crippen molar-refractivity contribution < 1.29 is 13.7 Å². The molecule has 0 unspecified atom stereocenters. The van der Waals surface area contributed by atoms with Gasteiger partial charge in [-0.25, -0.2) is 4.21 Å². The van der Waals surface area contributed by atoms with Crippen LogP contribution in [0.5, 0.6) is 0 Å². The normalized spacial score (nSPS) is 14.1. The SMILES string of the molecule is COC(OC)/C(C)=C\[S@@](=O)c1ccc(C)cc1.